The van der Waals surface area contributed by atoms with Crippen LogP contribution in [0.4, 0.5) is 0 Å². The van der Waals surface area contributed by atoms with Gasteiger partial charge in [-0.2, -0.15) is 0 Å². The third-order valence-electron chi connectivity index (χ3n) is 2.76. The minimum absolute atomic E-state index is 0.221. The largest absolute Gasteiger partial charge is 0.432 e. The van der Waals surface area contributed by atoms with Crippen molar-refractivity contribution in [2.75, 3.05) is 21.3 Å². The van der Waals surface area contributed by atoms with Crippen LogP contribution in [-0.4, -0.2) is 48.7 Å². The van der Waals surface area contributed by atoms with Gasteiger partial charge in [0.15, 0.2) is 0 Å². The van der Waals surface area contributed by atoms with Gasteiger partial charge in [0.2, 0.25) is 11.2 Å². The summed E-state index contributed by atoms with van der Waals surface area (Å²) >= 11 is 0. The lowest BCUT2D eigenvalue weighted by molar-refractivity contribution is -0.338. The van der Waals surface area contributed by atoms with Crippen LogP contribution in [0.3, 0.4) is 0 Å². The van der Waals surface area contributed by atoms with Gasteiger partial charge in [-0.25, -0.2) is 0 Å². The molecular weight excluding hydrogens is 228 g/mol. The molecule has 0 aromatic carbocycles. The number of methoxy groups -OCH3 is 3. The molecule has 1 atom stereocenters. The maximum atomic E-state index is 11.6. The number of hydrogen-bond acceptors (Lipinski definition) is 5. The molecule has 0 bridgehead atoms. The van der Waals surface area contributed by atoms with Gasteiger partial charge in [0, 0.05) is 21.3 Å². The van der Waals surface area contributed by atoms with Gasteiger partial charge in [0.25, 0.3) is 0 Å². The van der Waals surface area contributed by atoms with Gasteiger partial charge in [-0.1, -0.05) is 13.8 Å². The molecule has 1 unspecified atom stereocenters. The summed E-state index contributed by atoms with van der Waals surface area (Å²) in [5.74, 6) is -1.66. The first-order valence-corrected chi connectivity index (χ1v) is 6.14. The number of rotatable bonds is 6. The lowest BCUT2D eigenvalue weighted by Gasteiger charge is -2.42. The molecule has 0 fully saturated rings. The molecule has 5 nitrogen and oxygen atoms in total. The summed E-state index contributed by atoms with van der Waals surface area (Å²) in [4.78, 5) is 11.6. The molecule has 6 heteroatoms. The normalized spacial score (nSPS) is 16.2. The second-order valence-electron chi connectivity index (χ2n) is 4.08. The third kappa shape index (κ3) is 3.04. The van der Waals surface area contributed by atoms with E-state index in [2.05, 4.69) is 0 Å². The first kappa shape index (κ1) is 15.6. The smallest absolute Gasteiger partial charge is 0.310 e. The predicted octanol–water partition coefficient (Wildman–Crippen LogP) is -0.140. The molecule has 0 aromatic heterocycles. The first-order chi connectivity index (χ1) is 7.26. The van der Waals surface area contributed by atoms with Crippen molar-refractivity contribution in [1.82, 2.24) is 0 Å². The molecule has 0 aliphatic rings. The summed E-state index contributed by atoms with van der Waals surface area (Å²) in [7, 11) is 4.86. The van der Waals surface area contributed by atoms with Crippen LogP contribution < -0.4 is 0 Å². The molecule has 0 aromatic rings. The highest BCUT2D eigenvalue weighted by Gasteiger charge is 2.49. The van der Waals surface area contributed by atoms with Gasteiger partial charge >= 0.3 is 5.97 Å². The van der Waals surface area contributed by atoms with Gasteiger partial charge in [-0.3, -0.25) is 4.79 Å². The molecular formula is C10H22O5Si. The second kappa shape index (κ2) is 5.76. The van der Waals surface area contributed by atoms with Crippen LogP contribution in [-0.2, 0) is 23.7 Å². The maximum Gasteiger partial charge on any atom is 0.310 e. The van der Waals surface area contributed by atoms with Crippen LogP contribution in [0.15, 0.2) is 0 Å². The highest BCUT2D eigenvalue weighted by molar-refractivity contribution is 6.15. The highest BCUT2D eigenvalue weighted by Crippen LogP contribution is 2.29. The molecule has 0 saturated heterocycles. The van der Waals surface area contributed by atoms with Crippen molar-refractivity contribution in [2.24, 2.45) is 5.92 Å². The molecule has 0 aliphatic carbocycles. The molecule has 96 valence electrons. The molecule has 0 aliphatic heterocycles. The van der Waals surface area contributed by atoms with E-state index in [1.54, 1.807) is 20.8 Å². The number of carbonyl (C=O) groups is 1. The fourth-order valence-electron chi connectivity index (χ4n) is 1.08. The van der Waals surface area contributed by atoms with Crippen LogP contribution in [0.1, 0.15) is 20.8 Å². The summed E-state index contributed by atoms with van der Waals surface area (Å²) in [6.07, 6.45) is 0. The fraction of sp³-hybridized carbons (Fsp3) is 0.900. The minimum atomic E-state index is -1.15. The van der Waals surface area contributed by atoms with Gasteiger partial charge in [0.1, 0.15) is 10.2 Å². The quantitative estimate of drug-likeness (QED) is 0.373. The number of esters is 1. The molecule has 0 saturated carbocycles. The molecule has 0 radical (unpaired) electrons. The van der Waals surface area contributed by atoms with E-state index in [4.69, 9.17) is 18.9 Å². The Morgan fingerprint density at radius 1 is 1.12 bits per heavy atom. The molecule has 0 rings (SSSR count). The summed E-state index contributed by atoms with van der Waals surface area (Å²) in [6, 6.07) is 0. The van der Waals surface area contributed by atoms with Crippen LogP contribution in [0, 0.1) is 5.92 Å². The van der Waals surface area contributed by atoms with Gasteiger partial charge in [-0.15, -0.1) is 0 Å². The number of hydrogen-bond donors (Lipinski definition) is 0. The number of ether oxygens (including phenoxy) is 4. The van der Waals surface area contributed by atoms with E-state index in [0.29, 0.717) is 10.2 Å². The van der Waals surface area contributed by atoms with Crippen molar-refractivity contribution in [3.63, 3.8) is 0 Å². The van der Waals surface area contributed by atoms with E-state index < -0.39 is 11.2 Å². The van der Waals surface area contributed by atoms with E-state index in [-0.39, 0.29) is 11.9 Å². The van der Waals surface area contributed by atoms with E-state index in [1.807, 2.05) is 0 Å². The minimum Gasteiger partial charge on any atom is -0.432 e. The molecule has 0 heterocycles. The van der Waals surface area contributed by atoms with Gasteiger partial charge in [0.05, 0.1) is 5.92 Å². The third-order valence-corrected chi connectivity index (χ3v) is 4.28. The van der Waals surface area contributed by atoms with Gasteiger partial charge in [-0.05, 0) is 6.92 Å². The Balaban J connectivity index is 4.97. The predicted molar refractivity (Wildman–Crippen MR) is 63.0 cm³/mol. The van der Waals surface area contributed by atoms with E-state index in [0.717, 1.165) is 0 Å². The van der Waals surface area contributed by atoms with Crippen molar-refractivity contribution in [3.05, 3.63) is 0 Å². The molecule has 0 N–H and O–H groups in total. The average molecular weight is 250 g/mol. The van der Waals surface area contributed by atoms with Crippen LogP contribution in [0.2, 0.25) is 0 Å². The lowest BCUT2D eigenvalue weighted by Crippen LogP contribution is -2.59. The maximum absolute atomic E-state index is 11.6. The number of carbonyl (C=O) groups excluding carboxylic acids is 1. The second-order valence-corrected chi connectivity index (χ2v) is 5.40. The summed E-state index contributed by atoms with van der Waals surface area (Å²) in [5, 5.41) is 0. The zero-order chi connectivity index (χ0) is 13.0. The van der Waals surface area contributed by atoms with Gasteiger partial charge < -0.3 is 18.9 Å². The van der Waals surface area contributed by atoms with Crippen molar-refractivity contribution >= 4 is 16.2 Å². The van der Waals surface area contributed by atoms with Crippen molar-refractivity contribution in [1.29, 1.82) is 0 Å². The zero-order valence-electron chi connectivity index (χ0n) is 11.1. The Morgan fingerprint density at radius 3 is 1.81 bits per heavy atom. The van der Waals surface area contributed by atoms with Crippen LogP contribution in [0.5, 0.6) is 0 Å². The Labute approximate surface area is 99.8 Å². The van der Waals surface area contributed by atoms with E-state index >= 15 is 0 Å². The summed E-state index contributed by atoms with van der Waals surface area (Å²) in [6.45, 7) is 5.20. The van der Waals surface area contributed by atoms with Crippen molar-refractivity contribution in [2.45, 2.75) is 32.0 Å². The van der Waals surface area contributed by atoms with E-state index in [9.17, 15) is 4.79 Å². The lowest BCUT2D eigenvalue weighted by atomic mass is 10.2. The fourth-order valence-corrected chi connectivity index (χ4v) is 1.69. The Bertz CT molecular complexity index is 239. The molecule has 16 heavy (non-hydrogen) atoms. The SMILES string of the molecule is COC(C)(OC)C([SiH3])(OC)OC(=O)C(C)C. The van der Waals surface area contributed by atoms with Crippen molar-refractivity contribution in [3.8, 4) is 0 Å². The van der Waals surface area contributed by atoms with Crippen molar-refractivity contribution < 1.29 is 23.7 Å². The molecule has 0 amide bonds. The molecule has 0 spiro atoms. The topological polar surface area (TPSA) is 54.0 Å². The Hall–Kier alpha value is -0.433. The van der Waals surface area contributed by atoms with Crippen LogP contribution in [0.25, 0.3) is 0 Å². The summed E-state index contributed by atoms with van der Waals surface area (Å²) < 4.78 is 21.1. The average Bonchev–Trinajstić information content (AvgIpc) is 2.27. The van der Waals surface area contributed by atoms with Crippen LogP contribution >= 0.6 is 0 Å². The summed E-state index contributed by atoms with van der Waals surface area (Å²) in [5.41, 5.74) is -1.15. The Morgan fingerprint density at radius 2 is 1.56 bits per heavy atom. The standard InChI is InChI=1S/C10H22O5Si/c1-7(2)8(11)15-10(16,14-6)9(3,12-4)13-5/h7H,1-6,16H3. The van der Waals surface area contributed by atoms with E-state index in [1.165, 1.54) is 21.3 Å². The zero-order valence-corrected chi connectivity index (χ0v) is 13.1. The monoisotopic (exact) mass is 250 g/mol. The Kier molecular flexibility index (Phi) is 5.61. The first-order valence-electron chi connectivity index (χ1n) is 5.14. The highest BCUT2D eigenvalue weighted by atomic mass is 28.1.